The molecule has 26 heavy (non-hydrogen) atoms. The number of nitrogens with zero attached hydrogens (tertiary/aromatic N) is 1. The molecule has 2 heterocycles. The van der Waals surface area contributed by atoms with E-state index in [4.69, 9.17) is 11.6 Å². The molecule has 0 bridgehead atoms. The Morgan fingerprint density at radius 3 is 2.23 bits per heavy atom. The van der Waals surface area contributed by atoms with E-state index in [1.54, 1.807) is 12.1 Å². The van der Waals surface area contributed by atoms with Crippen LogP contribution in [0.3, 0.4) is 0 Å². The molecule has 2 N–H and O–H groups in total. The lowest BCUT2D eigenvalue weighted by atomic mass is 10.00. The topological polar surface area (TPSA) is 78.6 Å². The summed E-state index contributed by atoms with van der Waals surface area (Å²) in [6.45, 7) is 2.01. The zero-order valence-electron chi connectivity index (χ0n) is 13.8. The number of rotatable bonds is 2. The molecule has 0 saturated heterocycles. The molecule has 0 atom stereocenters. The number of halogens is 1. The van der Waals surface area contributed by atoms with Gasteiger partial charge in [-0.2, -0.15) is 0 Å². The van der Waals surface area contributed by atoms with Gasteiger partial charge in [0.25, 0.3) is 5.56 Å². The molecule has 5 nitrogen and oxygen atoms in total. The van der Waals surface area contributed by atoms with Crippen LogP contribution in [-0.4, -0.2) is 15.0 Å². The van der Waals surface area contributed by atoms with Crippen molar-refractivity contribution in [1.29, 1.82) is 0 Å². The highest BCUT2D eigenvalue weighted by atomic mass is 35.5. The fraction of sp³-hybridized carbons (Fsp3) is 0.0500. The second kappa shape index (κ2) is 6.28. The van der Waals surface area contributed by atoms with Crippen molar-refractivity contribution in [2.45, 2.75) is 6.92 Å². The molecule has 2 aromatic heterocycles. The van der Waals surface area contributed by atoms with Crippen LogP contribution in [0.25, 0.3) is 33.4 Å². The minimum atomic E-state index is -0.585. The highest BCUT2D eigenvalue weighted by Gasteiger charge is 2.13. The zero-order valence-corrected chi connectivity index (χ0v) is 14.6. The molecule has 6 heteroatoms. The average molecular weight is 364 g/mol. The van der Waals surface area contributed by atoms with Gasteiger partial charge in [0.15, 0.2) is 0 Å². The Labute approximate surface area is 153 Å². The molecular weight excluding hydrogens is 350 g/mol. The van der Waals surface area contributed by atoms with Crippen LogP contribution in [0.2, 0.25) is 5.02 Å². The molecule has 128 valence electrons. The average Bonchev–Trinajstić information content (AvgIpc) is 2.61. The van der Waals surface area contributed by atoms with Crippen LogP contribution in [0.5, 0.6) is 0 Å². The maximum Gasteiger partial charge on any atom is 0.327 e. The third-order valence-electron chi connectivity index (χ3n) is 4.21. The molecule has 0 saturated carbocycles. The number of benzene rings is 2. The summed E-state index contributed by atoms with van der Waals surface area (Å²) < 4.78 is 0. The van der Waals surface area contributed by atoms with Crippen LogP contribution < -0.4 is 11.2 Å². The van der Waals surface area contributed by atoms with Crippen LogP contribution in [0, 0.1) is 6.92 Å². The second-order valence-electron chi connectivity index (χ2n) is 6.06. The smallest absolute Gasteiger partial charge is 0.291 e. The Morgan fingerprint density at radius 1 is 0.885 bits per heavy atom. The summed E-state index contributed by atoms with van der Waals surface area (Å²) in [6, 6.07) is 16.9. The molecule has 0 radical (unpaired) electrons. The minimum absolute atomic E-state index is 0.252. The molecule has 0 aliphatic carbocycles. The SMILES string of the molecule is Cc1ccc(-c2cc(-c3ccc(Cl)cc3)c3c(=O)[nH]c(=O)[nH]c3n2)cc1. The van der Waals surface area contributed by atoms with Crippen molar-refractivity contribution in [2.24, 2.45) is 0 Å². The van der Waals surface area contributed by atoms with E-state index in [0.717, 1.165) is 16.7 Å². The first-order chi connectivity index (χ1) is 12.5. The third kappa shape index (κ3) is 2.93. The highest BCUT2D eigenvalue weighted by Crippen LogP contribution is 2.30. The molecule has 0 fully saturated rings. The number of aryl methyl sites for hydroxylation is 1. The van der Waals surface area contributed by atoms with Crippen molar-refractivity contribution in [2.75, 3.05) is 0 Å². The second-order valence-corrected chi connectivity index (χ2v) is 6.50. The van der Waals surface area contributed by atoms with Crippen LogP contribution >= 0.6 is 11.6 Å². The Bertz CT molecular complexity index is 1220. The van der Waals surface area contributed by atoms with Gasteiger partial charge in [0.2, 0.25) is 0 Å². The number of H-pyrrole nitrogens is 2. The van der Waals surface area contributed by atoms with E-state index in [1.165, 1.54) is 0 Å². The standard InChI is InChI=1S/C20H14ClN3O2/c1-11-2-4-13(5-3-11)16-10-15(12-6-8-14(21)9-7-12)17-18(22-16)23-20(26)24-19(17)25/h2-10H,1H3,(H2,22,23,24,25,26). The number of aromatic nitrogens is 3. The molecule has 2 aromatic carbocycles. The molecule has 0 spiro atoms. The van der Waals surface area contributed by atoms with E-state index in [1.807, 2.05) is 49.4 Å². The summed E-state index contributed by atoms with van der Waals surface area (Å²) >= 11 is 5.98. The molecule has 4 aromatic rings. The minimum Gasteiger partial charge on any atom is -0.291 e. The van der Waals surface area contributed by atoms with Gasteiger partial charge in [0.05, 0.1) is 11.1 Å². The first-order valence-corrected chi connectivity index (χ1v) is 8.39. The van der Waals surface area contributed by atoms with Crippen LogP contribution in [-0.2, 0) is 0 Å². The molecule has 0 amide bonds. The van der Waals surface area contributed by atoms with Gasteiger partial charge in [-0.15, -0.1) is 0 Å². The number of pyridine rings is 1. The van der Waals surface area contributed by atoms with E-state index >= 15 is 0 Å². The Balaban J connectivity index is 2.07. The van der Waals surface area contributed by atoms with Gasteiger partial charge < -0.3 is 0 Å². The highest BCUT2D eigenvalue weighted by molar-refractivity contribution is 6.30. The molecular formula is C20H14ClN3O2. The number of hydrogen-bond acceptors (Lipinski definition) is 3. The fourth-order valence-corrected chi connectivity index (χ4v) is 3.03. The maximum atomic E-state index is 12.4. The van der Waals surface area contributed by atoms with Crippen molar-refractivity contribution >= 4 is 22.6 Å². The third-order valence-corrected chi connectivity index (χ3v) is 4.46. The predicted molar refractivity (Wildman–Crippen MR) is 104 cm³/mol. The van der Waals surface area contributed by atoms with Gasteiger partial charge in [0.1, 0.15) is 5.65 Å². The lowest BCUT2D eigenvalue weighted by Crippen LogP contribution is -2.23. The van der Waals surface area contributed by atoms with Crippen molar-refractivity contribution in [1.82, 2.24) is 15.0 Å². The van der Waals surface area contributed by atoms with Crippen molar-refractivity contribution in [3.05, 3.63) is 86.0 Å². The number of hydrogen-bond donors (Lipinski definition) is 2. The summed E-state index contributed by atoms with van der Waals surface area (Å²) in [5.74, 6) is 0. The van der Waals surface area contributed by atoms with Gasteiger partial charge in [-0.3, -0.25) is 14.8 Å². The van der Waals surface area contributed by atoms with E-state index in [0.29, 0.717) is 21.7 Å². The fourth-order valence-electron chi connectivity index (χ4n) is 2.90. The predicted octanol–water partition coefficient (Wildman–Crippen LogP) is 3.91. The van der Waals surface area contributed by atoms with Crippen molar-refractivity contribution in [3.63, 3.8) is 0 Å². The lowest BCUT2D eigenvalue weighted by molar-refractivity contribution is 1.06. The maximum absolute atomic E-state index is 12.4. The summed E-state index contributed by atoms with van der Waals surface area (Å²) in [5.41, 5.74) is 3.39. The first kappa shape index (κ1) is 16.3. The van der Waals surface area contributed by atoms with Crippen molar-refractivity contribution in [3.8, 4) is 22.4 Å². The van der Waals surface area contributed by atoms with Crippen LogP contribution in [0.4, 0.5) is 0 Å². The zero-order chi connectivity index (χ0) is 18.3. The van der Waals surface area contributed by atoms with E-state index in [-0.39, 0.29) is 5.65 Å². The molecule has 4 rings (SSSR count). The summed E-state index contributed by atoms with van der Waals surface area (Å²) in [6.07, 6.45) is 0. The van der Waals surface area contributed by atoms with Crippen LogP contribution in [0.1, 0.15) is 5.56 Å². The number of nitrogens with one attached hydrogen (secondary N) is 2. The van der Waals surface area contributed by atoms with E-state index in [2.05, 4.69) is 15.0 Å². The summed E-state index contributed by atoms with van der Waals surface area (Å²) in [7, 11) is 0. The normalized spacial score (nSPS) is 11.0. The number of fused-ring (bicyclic) bond motifs is 1. The first-order valence-electron chi connectivity index (χ1n) is 8.01. The van der Waals surface area contributed by atoms with Gasteiger partial charge in [-0.05, 0) is 30.7 Å². The van der Waals surface area contributed by atoms with Gasteiger partial charge in [0, 0.05) is 16.1 Å². The summed E-state index contributed by atoms with van der Waals surface area (Å²) in [4.78, 5) is 33.5. The van der Waals surface area contributed by atoms with Crippen LogP contribution in [0.15, 0.2) is 64.2 Å². The Hall–Kier alpha value is -3.18. The number of aromatic amines is 2. The monoisotopic (exact) mass is 363 g/mol. The molecule has 0 unspecified atom stereocenters. The van der Waals surface area contributed by atoms with Gasteiger partial charge >= 0.3 is 5.69 Å². The van der Waals surface area contributed by atoms with Gasteiger partial charge in [-0.25, -0.2) is 9.78 Å². The summed E-state index contributed by atoms with van der Waals surface area (Å²) in [5, 5.41) is 0.941. The van der Waals surface area contributed by atoms with Gasteiger partial charge in [-0.1, -0.05) is 53.6 Å². The lowest BCUT2D eigenvalue weighted by Gasteiger charge is -2.10. The Kier molecular flexibility index (Phi) is 3.93. The van der Waals surface area contributed by atoms with E-state index in [9.17, 15) is 9.59 Å². The van der Waals surface area contributed by atoms with E-state index < -0.39 is 11.2 Å². The largest absolute Gasteiger partial charge is 0.327 e. The molecule has 0 aliphatic heterocycles. The Morgan fingerprint density at radius 2 is 1.54 bits per heavy atom. The van der Waals surface area contributed by atoms with Crippen molar-refractivity contribution < 1.29 is 0 Å². The molecule has 0 aliphatic rings. The quantitative estimate of drug-likeness (QED) is 0.566.